The first-order chi connectivity index (χ1) is 6.24. The zero-order valence-corrected chi connectivity index (χ0v) is 8.08. The van der Waals surface area contributed by atoms with Crippen molar-refractivity contribution in [1.82, 2.24) is 5.32 Å². The number of nitrogens with two attached hydrogens (primary N) is 1. The van der Waals surface area contributed by atoms with Crippen molar-refractivity contribution in [3.63, 3.8) is 0 Å². The first-order valence-electron chi connectivity index (χ1n) is 4.89. The maximum atomic E-state index is 11.2. The maximum Gasteiger partial charge on any atom is 0.322 e. The second kappa shape index (κ2) is 5.19. The van der Waals surface area contributed by atoms with Crippen LogP contribution in [0.15, 0.2) is 0 Å². The normalized spacial score (nSPS) is 24.3. The Labute approximate surface area is 78.8 Å². The number of carbonyl (C=O) groups excluding carboxylic acids is 1. The van der Waals surface area contributed by atoms with Crippen molar-refractivity contribution in [2.75, 3.05) is 13.2 Å². The molecule has 0 aromatic rings. The van der Waals surface area contributed by atoms with Gasteiger partial charge in [0, 0.05) is 6.04 Å². The molecule has 0 aromatic carbocycles. The molecule has 1 heterocycles. The van der Waals surface area contributed by atoms with E-state index in [9.17, 15) is 4.79 Å². The van der Waals surface area contributed by atoms with Crippen LogP contribution < -0.4 is 11.1 Å². The third-order valence-corrected chi connectivity index (χ3v) is 2.29. The fraction of sp³-hybridized carbons (Fsp3) is 0.889. The molecule has 0 aliphatic carbocycles. The van der Waals surface area contributed by atoms with Crippen LogP contribution in [0, 0.1) is 0 Å². The molecule has 0 radical (unpaired) electrons. The van der Waals surface area contributed by atoms with Gasteiger partial charge in [0.1, 0.15) is 6.04 Å². The van der Waals surface area contributed by atoms with E-state index in [4.69, 9.17) is 10.5 Å². The number of nitrogens with one attached hydrogen (secondary N) is 1. The van der Waals surface area contributed by atoms with Gasteiger partial charge < -0.3 is 15.8 Å². The molecular weight excluding hydrogens is 168 g/mol. The highest BCUT2D eigenvalue weighted by molar-refractivity contribution is 5.75. The van der Waals surface area contributed by atoms with E-state index in [2.05, 4.69) is 5.32 Å². The van der Waals surface area contributed by atoms with Crippen LogP contribution in [-0.2, 0) is 9.53 Å². The second-order valence-electron chi connectivity index (χ2n) is 3.39. The molecule has 76 valence electrons. The fourth-order valence-electron chi connectivity index (χ4n) is 1.61. The zero-order chi connectivity index (χ0) is 9.68. The Bertz CT molecular complexity index is 167. The molecule has 4 heteroatoms. The van der Waals surface area contributed by atoms with Gasteiger partial charge in [-0.1, -0.05) is 0 Å². The molecule has 2 atom stereocenters. The van der Waals surface area contributed by atoms with Crippen LogP contribution in [0.4, 0.5) is 0 Å². The minimum absolute atomic E-state index is 0.281. The summed E-state index contributed by atoms with van der Waals surface area (Å²) in [5.41, 5.74) is 5.67. The van der Waals surface area contributed by atoms with Gasteiger partial charge in [-0.2, -0.15) is 0 Å². The molecule has 1 fully saturated rings. The SMILES string of the molecule is CCOC(=O)[C@@H](N)CC1CCCN1. The number of hydrogen-bond donors (Lipinski definition) is 2. The number of hydrogen-bond acceptors (Lipinski definition) is 4. The molecule has 1 aliphatic heterocycles. The van der Waals surface area contributed by atoms with Crippen molar-refractivity contribution in [3.8, 4) is 0 Å². The molecular formula is C9H18N2O2. The lowest BCUT2D eigenvalue weighted by Gasteiger charge is -2.15. The molecule has 1 aliphatic rings. The largest absolute Gasteiger partial charge is 0.465 e. The Morgan fingerprint density at radius 3 is 3.08 bits per heavy atom. The molecule has 1 unspecified atom stereocenters. The highest BCUT2D eigenvalue weighted by atomic mass is 16.5. The van der Waals surface area contributed by atoms with Gasteiger partial charge in [-0.15, -0.1) is 0 Å². The summed E-state index contributed by atoms with van der Waals surface area (Å²) in [6, 6.07) is -0.0602. The standard InChI is InChI=1S/C9H18N2O2/c1-2-13-9(12)8(10)6-7-4-3-5-11-7/h7-8,11H,2-6,10H2,1H3/t7?,8-/m0/s1. The summed E-state index contributed by atoms with van der Waals surface area (Å²) < 4.78 is 4.82. The minimum atomic E-state index is -0.462. The van der Waals surface area contributed by atoms with E-state index in [1.807, 2.05) is 0 Å². The van der Waals surface area contributed by atoms with Crippen LogP contribution in [0.3, 0.4) is 0 Å². The molecule has 13 heavy (non-hydrogen) atoms. The third kappa shape index (κ3) is 3.32. The Hall–Kier alpha value is -0.610. The summed E-state index contributed by atoms with van der Waals surface area (Å²) in [5.74, 6) is -0.281. The van der Waals surface area contributed by atoms with Gasteiger partial charge in [-0.05, 0) is 32.7 Å². The first kappa shape index (κ1) is 10.5. The van der Waals surface area contributed by atoms with Crippen LogP contribution in [0.5, 0.6) is 0 Å². The molecule has 0 saturated carbocycles. The smallest absolute Gasteiger partial charge is 0.322 e. The van der Waals surface area contributed by atoms with E-state index in [-0.39, 0.29) is 5.97 Å². The van der Waals surface area contributed by atoms with Crippen molar-refractivity contribution < 1.29 is 9.53 Å². The molecule has 1 rings (SSSR count). The van der Waals surface area contributed by atoms with Gasteiger partial charge in [-0.25, -0.2) is 0 Å². The summed E-state index contributed by atoms with van der Waals surface area (Å²) in [6.07, 6.45) is 2.99. The summed E-state index contributed by atoms with van der Waals surface area (Å²) in [5, 5.41) is 3.30. The lowest BCUT2D eigenvalue weighted by Crippen LogP contribution is -2.38. The van der Waals surface area contributed by atoms with Gasteiger partial charge >= 0.3 is 5.97 Å². The van der Waals surface area contributed by atoms with Gasteiger partial charge in [0.25, 0.3) is 0 Å². The monoisotopic (exact) mass is 186 g/mol. The highest BCUT2D eigenvalue weighted by Crippen LogP contribution is 2.10. The summed E-state index contributed by atoms with van der Waals surface area (Å²) in [4.78, 5) is 11.2. The average molecular weight is 186 g/mol. The van der Waals surface area contributed by atoms with E-state index < -0.39 is 6.04 Å². The van der Waals surface area contributed by atoms with Crippen molar-refractivity contribution in [2.45, 2.75) is 38.3 Å². The third-order valence-electron chi connectivity index (χ3n) is 2.29. The van der Waals surface area contributed by atoms with Crippen molar-refractivity contribution >= 4 is 5.97 Å². The van der Waals surface area contributed by atoms with Crippen molar-refractivity contribution in [3.05, 3.63) is 0 Å². The average Bonchev–Trinajstić information content (AvgIpc) is 2.57. The number of esters is 1. The highest BCUT2D eigenvalue weighted by Gasteiger charge is 2.22. The van der Waals surface area contributed by atoms with E-state index in [1.165, 1.54) is 6.42 Å². The zero-order valence-electron chi connectivity index (χ0n) is 8.08. The fourth-order valence-corrected chi connectivity index (χ4v) is 1.61. The summed E-state index contributed by atoms with van der Waals surface area (Å²) >= 11 is 0. The van der Waals surface area contributed by atoms with Crippen molar-refractivity contribution in [1.29, 1.82) is 0 Å². The molecule has 4 nitrogen and oxygen atoms in total. The molecule has 0 aromatic heterocycles. The maximum absolute atomic E-state index is 11.2. The lowest BCUT2D eigenvalue weighted by atomic mass is 10.1. The number of ether oxygens (including phenoxy) is 1. The molecule has 0 amide bonds. The van der Waals surface area contributed by atoms with Crippen LogP contribution in [-0.4, -0.2) is 31.2 Å². The van der Waals surface area contributed by atoms with Crippen LogP contribution >= 0.6 is 0 Å². The van der Waals surface area contributed by atoms with Gasteiger partial charge in [0.2, 0.25) is 0 Å². The molecule has 0 spiro atoms. The molecule has 0 bridgehead atoms. The first-order valence-corrected chi connectivity index (χ1v) is 4.89. The van der Waals surface area contributed by atoms with E-state index in [0.29, 0.717) is 19.1 Å². The van der Waals surface area contributed by atoms with E-state index >= 15 is 0 Å². The molecule has 1 saturated heterocycles. The number of rotatable bonds is 4. The van der Waals surface area contributed by atoms with E-state index in [1.54, 1.807) is 6.92 Å². The minimum Gasteiger partial charge on any atom is -0.465 e. The van der Waals surface area contributed by atoms with E-state index in [0.717, 1.165) is 13.0 Å². The second-order valence-corrected chi connectivity index (χ2v) is 3.39. The quantitative estimate of drug-likeness (QED) is 0.607. The molecule has 3 N–H and O–H groups in total. The lowest BCUT2D eigenvalue weighted by molar-refractivity contribution is -0.144. The van der Waals surface area contributed by atoms with Crippen molar-refractivity contribution in [2.24, 2.45) is 5.73 Å². The summed E-state index contributed by atoms with van der Waals surface area (Å²) in [6.45, 7) is 3.24. The van der Waals surface area contributed by atoms with Crippen LogP contribution in [0.1, 0.15) is 26.2 Å². The van der Waals surface area contributed by atoms with Gasteiger partial charge in [-0.3, -0.25) is 4.79 Å². The Morgan fingerprint density at radius 1 is 1.77 bits per heavy atom. The predicted octanol–water partition coefficient (Wildman–Crippen LogP) is 0.0189. The Kier molecular flexibility index (Phi) is 4.18. The van der Waals surface area contributed by atoms with Gasteiger partial charge in [0.15, 0.2) is 0 Å². The Balaban J connectivity index is 2.22. The number of carbonyl (C=O) groups is 1. The van der Waals surface area contributed by atoms with Crippen LogP contribution in [0.25, 0.3) is 0 Å². The topological polar surface area (TPSA) is 64.3 Å². The summed E-state index contributed by atoms with van der Waals surface area (Å²) in [7, 11) is 0. The van der Waals surface area contributed by atoms with Gasteiger partial charge in [0.05, 0.1) is 6.61 Å². The Morgan fingerprint density at radius 2 is 2.54 bits per heavy atom. The predicted molar refractivity (Wildman–Crippen MR) is 50.3 cm³/mol. The van der Waals surface area contributed by atoms with Crippen LogP contribution in [0.2, 0.25) is 0 Å².